The van der Waals surface area contributed by atoms with Gasteiger partial charge < -0.3 is 10.1 Å². The average molecular weight is 291 g/mol. The molecule has 0 saturated heterocycles. The fourth-order valence-corrected chi connectivity index (χ4v) is 3.31. The van der Waals surface area contributed by atoms with Crippen LogP contribution in [0.15, 0.2) is 12.4 Å². The lowest BCUT2D eigenvalue weighted by atomic mass is 9.84. The summed E-state index contributed by atoms with van der Waals surface area (Å²) in [6.07, 6.45) is 14.0. The summed E-state index contributed by atoms with van der Waals surface area (Å²) in [6, 6.07) is 0.270. The Morgan fingerprint density at radius 1 is 1.14 bits per heavy atom. The third kappa shape index (κ3) is 4.67. The van der Waals surface area contributed by atoms with Gasteiger partial charge >= 0.3 is 0 Å². The van der Waals surface area contributed by atoms with E-state index in [4.69, 9.17) is 4.74 Å². The van der Waals surface area contributed by atoms with Crippen molar-refractivity contribution in [1.29, 1.82) is 0 Å². The number of nitrogens with zero attached hydrogens (tertiary/aromatic N) is 2. The molecular formula is C17H29N3O. The maximum absolute atomic E-state index is 5.44. The van der Waals surface area contributed by atoms with Crippen LogP contribution >= 0.6 is 0 Å². The summed E-state index contributed by atoms with van der Waals surface area (Å²) in [5.74, 6) is 1.32. The first-order valence-electron chi connectivity index (χ1n) is 8.45. The molecule has 2 rings (SSSR count). The van der Waals surface area contributed by atoms with E-state index in [0.717, 1.165) is 18.7 Å². The highest BCUT2D eigenvalue weighted by Gasteiger charge is 2.27. The standard InChI is InChI=1S/C17H29N3O/c1-3-11-18-15(14-9-7-5-4-6-8-10-14)16-17(21-2)20-13-12-19-16/h12-15,18H,3-11H2,1-2H3. The minimum Gasteiger partial charge on any atom is -0.480 e. The zero-order valence-corrected chi connectivity index (χ0v) is 13.5. The van der Waals surface area contributed by atoms with Crippen molar-refractivity contribution in [3.63, 3.8) is 0 Å². The highest BCUT2D eigenvalue weighted by atomic mass is 16.5. The topological polar surface area (TPSA) is 47.0 Å². The number of nitrogens with one attached hydrogen (secondary N) is 1. The van der Waals surface area contributed by atoms with Gasteiger partial charge in [0, 0.05) is 12.4 Å². The minimum absolute atomic E-state index is 0.270. The van der Waals surface area contributed by atoms with Crippen molar-refractivity contribution >= 4 is 0 Å². The molecule has 0 aromatic carbocycles. The van der Waals surface area contributed by atoms with Gasteiger partial charge in [0.25, 0.3) is 0 Å². The van der Waals surface area contributed by atoms with E-state index in [1.807, 2.05) is 0 Å². The van der Waals surface area contributed by atoms with Gasteiger partial charge in [-0.15, -0.1) is 0 Å². The van der Waals surface area contributed by atoms with Crippen LogP contribution in [0.2, 0.25) is 0 Å². The second kappa shape index (κ2) is 8.98. The van der Waals surface area contributed by atoms with Crippen molar-refractivity contribution in [3.8, 4) is 5.88 Å². The summed E-state index contributed by atoms with van der Waals surface area (Å²) in [4.78, 5) is 8.92. The molecule has 21 heavy (non-hydrogen) atoms. The van der Waals surface area contributed by atoms with Crippen LogP contribution in [0, 0.1) is 5.92 Å². The van der Waals surface area contributed by atoms with Gasteiger partial charge in [-0.25, -0.2) is 4.98 Å². The number of rotatable bonds is 6. The number of ether oxygens (including phenoxy) is 1. The Labute approximate surface area is 128 Å². The summed E-state index contributed by atoms with van der Waals surface area (Å²) < 4.78 is 5.44. The number of hydrogen-bond acceptors (Lipinski definition) is 4. The molecule has 0 radical (unpaired) electrons. The molecule has 4 heteroatoms. The molecule has 1 aliphatic carbocycles. The van der Waals surface area contributed by atoms with E-state index in [0.29, 0.717) is 11.8 Å². The van der Waals surface area contributed by atoms with Crippen LogP contribution in [-0.2, 0) is 0 Å². The van der Waals surface area contributed by atoms with E-state index in [-0.39, 0.29) is 6.04 Å². The molecule has 1 saturated carbocycles. The van der Waals surface area contributed by atoms with Crippen molar-refractivity contribution < 1.29 is 4.74 Å². The molecule has 118 valence electrons. The van der Waals surface area contributed by atoms with Gasteiger partial charge in [0.1, 0.15) is 5.69 Å². The maximum atomic E-state index is 5.44. The van der Waals surface area contributed by atoms with Gasteiger partial charge in [-0.05, 0) is 31.7 Å². The molecule has 0 bridgehead atoms. The van der Waals surface area contributed by atoms with Crippen LogP contribution in [-0.4, -0.2) is 23.6 Å². The molecule has 0 spiro atoms. The predicted molar refractivity (Wildman–Crippen MR) is 85.4 cm³/mol. The zero-order chi connectivity index (χ0) is 14.9. The highest BCUT2D eigenvalue weighted by molar-refractivity contribution is 5.22. The molecule has 0 amide bonds. The van der Waals surface area contributed by atoms with Crippen LogP contribution in [0.25, 0.3) is 0 Å². The van der Waals surface area contributed by atoms with E-state index in [1.165, 1.54) is 44.9 Å². The van der Waals surface area contributed by atoms with E-state index in [2.05, 4.69) is 22.2 Å². The Hall–Kier alpha value is -1.16. The molecule has 1 heterocycles. The van der Waals surface area contributed by atoms with Crippen molar-refractivity contribution in [2.75, 3.05) is 13.7 Å². The largest absolute Gasteiger partial charge is 0.480 e. The predicted octanol–water partition coefficient (Wildman–Crippen LogP) is 3.89. The Bertz CT molecular complexity index is 403. The molecule has 4 nitrogen and oxygen atoms in total. The van der Waals surface area contributed by atoms with E-state index < -0.39 is 0 Å². The first-order chi connectivity index (χ1) is 10.4. The lowest BCUT2D eigenvalue weighted by Crippen LogP contribution is -2.31. The van der Waals surface area contributed by atoms with Crippen LogP contribution in [0.1, 0.15) is 70.0 Å². The van der Waals surface area contributed by atoms with Crippen LogP contribution < -0.4 is 10.1 Å². The second-order valence-corrected chi connectivity index (χ2v) is 5.99. The van der Waals surface area contributed by atoms with Gasteiger partial charge in [0.15, 0.2) is 0 Å². The second-order valence-electron chi connectivity index (χ2n) is 5.99. The first-order valence-corrected chi connectivity index (χ1v) is 8.45. The monoisotopic (exact) mass is 291 g/mol. The molecule has 1 aromatic heterocycles. The lowest BCUT2D eigenvalue weighted by molar-refractivity contribution is 0.274. The van der Waals surface area contributed by atoms with Gasteiger partial charge in [-0.1, -0.05) is 39.0 Å². The Balaban J connectivity index is 2.19. The molecule has 1 fully saturated rings. The smallest absolute Gasteiger partial charge is 0.237 e. The third-order valence-electron chi connectivity index (χ3n) is 4.41. The average Bonchev–Trinajstić information content (AvgIpc) is 2.49. The van der Waals surface area contributed by atoms with Crippen molar-refractivity contribution in [2.24, 2.45) is 5.92 Å². The van der Waals surface area contributed by atoms with Crippen LogP contribution in [0.4, 0.5) is 0 Å². The molecule has 1 aliphatic rings. The summed E-state index contributed by atoms with van der Waals surface area (Å²) in [7, 11) is 1.68. The van der Waals surface area contributed by atoms with Crippen molar-refractivity contribution in [1.82, 2.24) is 15.3 Å². The summed E-state index contributed by atoms with van der Waals surface area (Å²) in [6.45, 7) is 3.22. The minimum atomic E-state index is 0.270. The van der Waals surface area contributed by atoms with E-state index in [9.17, 15) is 0 Å². The van der Waals surface area contributed by atoms with Gasteiger partial charge in [-0.3, -0.25) is 4.98 Å². The van der Waals surface area contributed by atoms with E-state index >= 15 is 0 Å². The van der Waals surface area contributed by atoms with Crippen LogP contribution in [0.3, 0.4) is 0 Å². The number of aromatic nitrogens is 2. The molecular weight excluding hydrogens is 262 g/mol. The summed E-state index contributed by atoms with van der Waals surface area (Å²) in [5, 5.41) is 3.70. The Morgan fingerprint density at radius 2 is 1.81 bits per heavy atom. The van der Waals surface area contributed by atoms with Crippen molar-refractivity contribution in [3.05, 3.63) is 18.1 Å². The number of methoxy groups -OCH3 is 1. The molecule has 1 N–H and O–H groups in total. The van der Waals surface area contributed by atoms with Gasteiger partial charge in [0.05, 0.1) is 13.2 Å². The maximum Gasteiger partial charge on any atom is 0.237 e. The van der Waals surface area contributed by atoms with Gasteiger partial charge in [-0.2, -0.15) is 0 Å². The first kappa shape index (κ1) is 16.2. The quantitative estimate of drug-likeness (QED) is 0.864. The Morgan fingerprint density at radius 3 is 2.48 bits per heavy atom. The van der Waals surface area contributed by atoms with E-state index in [1.54, 1.807) is 19.5 Å². The normalized spacial score (nSPS) is 18.8. The van der Waals surface area contributed by atoms with Crippen LogP contribution in [0.5, 0.6) is 5.88 Å². The van der Waals surface area contributed by atoms with Gasteiger partial charge in [0.2, 0.25) is 5.88 Å². The Kier molecular flexibility index (Phi) is 6.93. The summed E-state index contributed by atoms with van der Waals surface area (Å²) in [5.41, 5.74) is 0.985. The molecule has 0 aliphatic heterocycles. The summed E-state index contributed by atoms with van der Waals surface area (Å²) >= 11 is 0. The highest BCUT2D eigenvalue weighted by Crippen LogP contribution is 2.34. The molecule has 1 aromatic rings. The van der Waals surface area contributed by atoms with Crippen molar-refractivity contribution in [2.45, 2.75) is 64.3 Å². The molecule has 1 atom stereocenters. The molecule has 1 unspecified atom stereocenters. The number of hydrogen-bond donors (Lipinski definition) is 1. The zero-order valence-electron chi connectivity index (χ0n) is 13.5. The SMILES string of the molecule is CCCNC(c1nccnc1OC)C1CCCCCCC1. The fraction of sp³-hybridized carbons (Fsp3) is 0.765. The lowest BCUT2D eigenvalue weighted by Gasteiger charge is -2.29. The third-order valence-corrected chi connectivity index (χ3v) is 4.41. The fourth-order valence-electron chi connectivity index (χ4n) is 3.31.